The number of carbonyl (C=O) groups is 1. The zero-order valence-corrected chi connectivity index (χ0v) is 13.1. The quantitative estimate of drug-likeness (QED) is 0.739. The van der Waals surface area contributed by atoms with Gasteiger partial charge in [-0.25, -0.2) is 9.97 Å². The monoisotopic (exact) mass is 324 g/mol. The first-order valence-electron chi connectivity index (χ1n) is 7.60. The summed E-state index contributed by atoms with van der Waals surface area (Å²) in [5.41, 5.74) is 0.951. The topological polar surface area (TPSA) is 73.4 Å². The molecule has 24 heavy (non-hydrogen) atoms. The van der Waals surface area contributed by atoms with Gasteiger partial charge in [-0.2, -0.15) is 0 Å². The van der Waals surface area contributed by atoms with Crippen LogP contribution in [0.4, 0.5) is 0 Å². The molecule has 1 aliphatic rings. The molecule has 0 saturated heterocycles. The highest BCUT2D eigenvalue weighted by molar-refractivity contribution is 5.91. The molecule has 0 unspecified atom stereocenters. The number of carbonyl (C=O) groups excluding carboxylic acids is 1. The molecule has 3 heterocycles. The third kappa shape index (κ3) is 2.34. The summed E-state index contributed by atoms with van der Waals surface area (Å²) >= 11 is 0. The molecule has 0 saturated carbocycles. The Labute approximate surface area is 138 Å². The molecule has 2 aromatic heterocycles. The van der Waals surface area contributed by atoms with E-state index in [0.717, 1.165) is 17.1 Å². The van der Waals surface area contributed by atoms with E-state index in [0.29, 0.717) is 13.1 Å². The second kappa shape index (κ2) is 5.84. The molecule has 7 nitrogen and oxygen atoms in total. The molecule has 1 amide bonds. The Hall–Kier alpha value is -3.09. The molecule has 0 bridgehead atoms. The predicted molar refractivity (Wildman–Crippen MR) is 84.3 cm³/mol. The van der Waals surface area contributed by atoms with Crippen LogP contribution in [0.2, 0.25) is 0 Å². The molecule has 1 aromatic carbocycles. The first-order valence-corrected chi connectivity index (χ1v) is 7.60. The van der Waals surface area contributed by atoms with Crippen LogP contribution >= 0.6 is 0 Å². The van der Waals surface area contributed by atoms with Crippen molar-refractivity contribution in [2.75, 3.05) is 7.11 Å². The highest BCUT2D eigenvalue weighted by Gasteiger charge is 2.34. The number of hydrogen-bond acceptors (Lipinski definition) is 5. The lowest BCUT2D eigenvalue weighted by atomic mass is 10.0. The van der Waals surface area contributed by atoms with Crippen molar-refractivity contribution in [2.24, 2.45) is 0 Å². The molecule has 0 fully saturated rings. The van der Waals surface area contributed by atoms with Gasteiger partial charge in [0.2, 0.25) is 5.76 Å². The largest absolute Gasteiger partial charge is 0.496 e. The summed E-state index contributed by atoms with van der Waals surface area (Å²) in [4.78, 5) is 22.8. The van der Waals surface area contributed by atoms with E-state index in [4.69, 9.17) is 9.15 Å². The van der Waals surface area contributed by atoms with Crippen molar-refractivity contribution < 1.29 is 13.9 Å². The van der Waals surface area contributed by atoms with Crippen LogP contribution in [-0.2, 0) is 13.1 Å². The first-order chi connectivity index (χ1) is 11.8. The predicted octanol–water partition coefficient (Wildman–Crippen LogP) is 2.28. The van der Waals surface area contributed by atoms with Gasteiger partial charge in [-0.1, -0.05) is 18.2 Å². The number of amides is 1. The Morgan fingerprint density at radius 3 is 3.04 bits per heavy atom. The van der Waals surface area contributed by atoms with Crippen molar-refractivity contribution >= 4 is 5.91 Å². The van der Waals surface area contributed by atoms with E-state index < -0.39 is 0 Å². The van der Waals surface area contributed by atoms with Gasteiger partial charge in [-0.3, -0.25) is 4.79 Å². The van der Waals surface area contributed by atoms with E-state index in [1.807, 2.05) is 30.5 Å². The minimum Gasteiger partial charge on any atom is -0.496 e. The van der Waals surface area contributed by atoms with Crippen LogP contribution in [0.15, 0.2) is 53.7 Å². The highest BCUT2D eigenvalue weighted by atomic mass is 16.5. The van der Waals surface area contributed by atoms with Crippen LogP contribution in [0.5, 0.6) is 5.75 Å². The maximum Gasteiger partial charge on any atom is 0.292 e. The van der Waals surface area contributed by atoms with E-state index in [-0.39, 0.29) is 17.7 Å². The molecule has 1 aliphatic heterocycles. The first kappa shape index (κ1) is 14.5. The smallest absolute Gasteiger partial charge is 0.292 e. The van der Waals surface area contributed by atoms with Crippen molar-refractivity contribution in [1.29, 1.82) is 0 Å². The fourth-order valence-corrected chi connectivity index (χ4v) is 3.09. The van der Waals surface area contributed by atoms with Gasteiger partial charge in [-0.05, 0) is 6.07 Å². The Kier molecular flexibility index (Phi) is 3.53. The number of methoxy groups -OCH3 is 1. The zero-order chi connectivity index (χ0) is 16.5. The van der Waals surface area contributed by atoms with Crippen LogP contribution in [0, 0.1) is 0 Å². The normalized spacial score (nSPS) is 16.7. The Morgan fingerprint density at radius 2 is 2.25 bits per heavy atom. The van der Waals surface area contributed by atoms with Crippen molar-refractivity contribution in [1.82, 2.24) is 19.4 Å². The van der Waals surface area contributed by atoms with E-state index in [1.54, 1.807) is 18.2 Å². The van der Waals surface area contributed by atoms with E-state index in [1.165, 1.54) is 12.6 Å². The third-order valence-corrected chi connectivity index (χ3v) is 4.26. The number of aromatic nitrogens is 3. The standard InChI is InChI=1S/C17H16N4O3/c1-23-14-5-3-2-4-12(14)13-9-20-7-6-19-16(20)10-21(13)17(22)15-8-18-11-24-15/h2-8,11,13H,9-10H2,1H3/t13-/m1/s1. The van der Waals surface area contributed by atoms with E-state index in [9.17, 15) is 4.79 Å². The van der Waals surface area contributed by atoms with Crippen LogP contribution in [-0.4, -0.2) is 32.5 Å². The highest BCUT2D eigenvalue weighted by Crippen LogP contribution is 2.35. The van der Waals surface area contributed by atoms with Crippen LogP contribution in [0.3, 0.4) is 0 Å². The number of nitrogens with zero attached hydrogens (tertiary/aromatic N) is 4. The molecule has 3 aromatic rings. The SMILES string of the molecule is COc1ccccc1[C@H]1Cn2ccnc2CN1C(=O)c1cnco1. The second-order valence-electron chi connectivity index (χ2n) is 5.55. The molecular weight excluding hydrogens is 308 g/mol. The average Bonchev–Trinajstić information content (AvgIpc) is 3.31. The lowest BCUT2D eigenvalue weighted by molar-refractivity contribution is 0.0548. The van der Waals surface area contributed by atoms with E-state index >= 15 is 0 Å². The van der Waals surface area contributed by atoms with Crippen molar-refractivity contribution in [3.8, 4) is 5.75 Å². The summed E-state index contributed by atoms with van der Waals surface area (Å²) in [6.07, 6.45) is 6.37. The maximum absolute atomic E-state index is 12.9. The molecule has 4 rings (SSSR count). The number of imidazole rings is 1. The summed E-state index contributed by atoms with van der Waals surface area (Å²) < 4.78 is 12.7. The van der Waals surface area contributed by atoms with Crippen LogP contribution in [0.25, 0.3) is 0 Å². The lowest BCUT2D eigenvalue weighted by Gasteiger charge is -2.36. The Balaban J connectivity index is 1.78. The molecule has 1 atom stereocenters. The van der Waals surface area contributed by atoms with Crippen LogP contribution < -0.4 is 4.74 Å². The number of fused-ring (bicyclic) bond motifs is 1. The molecule has 0 aliphatic carbocycles. The van der Waals surface area contributed by atoms with Gasteiger partial charge in [0.15, 0.2) is 6.39 Å². The van der Waals surface area contributed by atoms with Gasteiger partial charge in [0.25, 0.3) is 5.91 Å². The minimum absolute atomic E-state index is 0.180. The summed E-state index contributed by atoms with van der Waals surface area (Å²) in [5, 5.41) is 0. The van der Waals surface area contributed by atoms with Gasteiger partial charge < -0.3 is 18.6 Å². The van der Waals surface area contributed by atoms with Crippen molar-refractivity contribution in [3.05, 3.63) is 66.4 Å². The summed E-state index contributed by atoms with van der Waals surface area (Å²) in [7, 11) is 1.63. The minimum atomic E-state index is -0.211. The average molecular weight is 324 g/mol. The Morgan fingerprint density at radius 1 is 1.38 bits per heavy atom. The number of para-hydroxylation sites is 1. The number of oxazole rings is 1. The van der Waals surface area contributed by atoms with Gasteiger partial charge in [0, 0.05) is 24.5 Å². The Bertz CT molecular complexity index is 856. The second-order valence-corrected chi connectivity index (χ2v) is 5.55. The number of benzene rings is 1. The molecular formula is C17H16N4O3. The fraction of sp³-hybridized carbons (Fsp3) is 0.235. The number of ether oxygens (including phenoxy) is 1. The van der Waals surface area contributed by atoms with Crippen molar-refractivity contribution in [2.45, 2.75) is 19.1 Å². The van der Waals surface area contributed by atoms with Gasteiger partial charge in [0.05, 0.1) is 25.9 Å². The maximum atomic E-state index is 12.9. The number of hydrogen-bond donors (Lipinski definition) is 0. The lowest BCUT2D eigenvalue weighted by Crippen LogP contribution is -2.41. The van der Waals surface area contributed by atoms with Gasteiger partial charge in [0.1, 0.15) is 11.6 Å². The fourth-order valence-electron chi connectivity index (χ4n) is 3.09. The molecule has 0 radical (unpaired) electrons. The molecule has 0 N–H and O–H groups in total. The summed E-state index contributed by atoms with van der Waals surface area (Å²) in [6, 6.07) is 7.55. The summed E-state index contributed by atoms with van der Waals surface area (Å²) in [5.74, 6) is 1.60. The van der Waals surface area contributed by atoms with Crippen molar-refractivity contribution in [3.63, 3.8) is 0 Å². The summed E-state index contributed by atoms with van der Waals surface area (Å²) in [6.45, 7) is 1.00. The third-order valence-electron chi connectivity index (χ3n) is 4.26. The number of rotatable bonds is 3. The van der Waals surface area contributed by atoms with Crippen LogP contribution in [0.1, 0.15) is 28.0 Å². The molecule has 7 heteroatoms. The molecule has 0 spiro atoms. The zero-order valence-electron chi connectivity index (χ0n) is 13.1. The van der Waals surface area contributed by atoms with Gasteiger partial charge in [-0.15, -0.1) is 0 Å². The van der Waals surface area contributed by atoms with Gasteiger partial charge >= 0.3 is 0 Å². The molecule has 122 valence electrons. The van der Waals surface area contributed by atoms with E-state index in [2.05, 4.69) is 14.5 Å².